The third kappa shape index (κ3) is 3.70. The van der Waals surface area contributed by atoms with E-state index in [4.69, 9.17) is 12.2 Å². The lowest BCUT2D eigenvalue weighted by molar-refractivity contribution is 0.193. The molecule has 130 valence electrons. The van der Waals surface area contributed by atoms with E-state index in [-0.39, 0.29) is 5.41 Å². The van der Waals surface area contributed by atoms with Gasteiger partial charge in [-0.2, -0.15) is 0 Å². The van der Waals surface area contributed by atoms with Crippen LogP contribution in [0.5, 0.6) is 0 Å². The first-order valence-corrected chi connectivity index (χ1v) is 8.96. The van der Waals surface area contributed by atoms with Crippen LogP contribution in [0.2, 0.25) is 0 Å². The lowest BCUT2D eigenvalue weighted by atomic mass is 9.96. The van der Waals surface area contributed by atoms with Crippen molar-refractivity contribution in [1.29, 1.82) is 0 Å². The zero-order valence-corrected chi connectivity index (χ0v) is 15.9. The molecule has 1 aromatic carbocycles. The number of nitrogens with one attached hydrogen (secondary N) is 1. The summed E-state index contributed by atoms with van der Waals surface area (Å²) in [5.41, 5.74) is 2.68. The number of aryl methyl sites for hydroxylation is 1. The van der Waals surface area contributed by atoms with Crippen LogP contribution >= 0.6 is 12.2 Å². The van der Waals surface area contributed by atoms with Crippen molar-refractivity contribution in [3.8, 4) is 0 Å². The standard InChI is InChI=1S/C18H27N5S/c1-14-7-5-6-8-15(14)22-11-9-21(10-12-22)13-23-17(24)19-16(20-23)18(2,3)4/h5-8H,9-13H2,1-4H3,(H,19,20,24). The summed E-state index contributed by atoms with van der Waals surface area (Å²) >= 11 is 5.41. The van der Waals surface area contributed by atoms with E-state index in [1.54, 1.807) is 0 Å². The van der Waals surface area contributed by atoms with Gasteiger partial charge in [-0.15, -0.1) is 0 Å². The van der Waals surface area contributed by atoms with Gasteiger partial charge in [0, 0.05) is 37.3 Å². The van der Waals surface area contributed by atoms with Gasteiger partial charge >= 0.3 is 0 Å². The van der Waals surface area contributed by atoms with E-state index in [0.717, 1.165) is 38.7 Å². The molecule has 5 nitrogen and oxygen atoms in total. The smallest absolute Gasteiger partial charge is 0.217 e. The number of piperazine rings is 1. The SMILES string of the molecule is Cc1ccccc1N1CCN(Cn2[nH]c(C(C)(C)C)nc2=S)CC1. The molecule has 2 aromatic rings. The van der Waals surface area contributed by atoms with E-state index in [1.165, 1.54) is 11.3 Å². The Kier molecular flexibility index (Phi) is 4.78. The second-order valence-electron chi connectivity index (χ2n) is 7.57. The van der Waals surface area contributed by atoms with Crippen LogP contribution in [-0.4, -0.2) is 45.8 Å². The minimum Gasteiger partial charge on any atom is -0.369 e. The molecule has 0 aliphatic carbocycles. The molecule has 1 aliphatic heterocycles. The maximum atomic E-state index is 5.41. The average molecular weight is 346 g/mol. The van der Waals surface area contributed by atoms with Crippen LogP contribution in [0.3, 0.4) is 0 Å². The highest BCUT2D eigenvalue weighted by atomic mass is 32.1. The van der Waals surface area contributed by atoms with E-state index in [2.05, 4.69) is 71.8 Å². The fourth-order valence-corrected chi connectivity index (χ4v) is 3.23. The molecule has 3 rings (SSSR count). The van der Waals surface area contributed by atoms with Crippen molar-refractivity contribution in [3.63, 3.8) is 0 Å². The summed E-state index contributed by atoms with van der Waals surface area (Å²) in [4.78, 5) is 9.40. The van der Waals surface area contributed by atoms with Crippen molar-refractivity contribution >= 4 is 17.9 Å². The van der Waals surface area contributed by atoms with Crippen LogP contribution in [0.15, 0.2) is 24.3 Å². The summed E-state index contributed by atoms with van der Waals surface area (Å²) < 4.78 is 2.63. The zero-order chi connectivity index (χ0) is 17.3. The highest BCUT2D eigenvalue weighted by molar-refractivity contribution is 7.71. The van der Waals surface area contributed by atoms with Crippen molar-refractivity contribution < 1.29 is 0 Å². The van der Waals surface area contributed by atoms with Gasteiger partial charge < -0.3 is 4.90 Å². The Bertz CT molecular complexity index is 747. The average Bonchev–Trinajstić information content (AvgIpc) is 2.90. The van der Waals surface area contributed by atoms with E-state index in [0.29, 0.717) is 4.77 Å². The topological polar surface area (TPSA) is 40.1 Å². The molecule has 24 heavy (non-hydrogen) atoms. The Morgan fingerprint density at radius 3 is 2.38 bits per heavy atom. The van der Waals surface area contributed by atoms with Gasteiger partial charge in [-0.3, -0.25) is 10.00 Å². The van der Waals surface area contributed by atoms with E-state index in [9.17, 15) is 0 Å². The Balaban J connectivity index is 1.63. The van der Waals surface area contributed by atoms with Crippen molar-refractivity contribution in [1.82, 2.24) is 19.7 Å². The number of aromatic nitrogens is 3. The molecule has 6 heteroatoms. The number of anilines is 1. The molecule has 1 aliphatic rings. The van der Waals surface area contributed by atoms with Crippen LogP contribution < -0.4 is 4.90 Å². The fraction of sp³-hybridized carbons (Fsp3) is 0.556. The van der Waals surface area contributed by atoms with E-state index >= 15 is 0 Å². The Hall–Kier alpha value is -1.66. The Morgan fingerprint density at radius 2 is 1.79 bits per heavy atom. The number of rotatable bonds is 3. The third-order valence-corrected chi connectivity index (χ3v) is 4.87. The molecular formula is C18H27N5S. The van der Waals surface area contributed by atoms with Gasteiger partial charge in [0.1, 0.15) is 5.82 Å². The molecule has 0 bridgehead atoms. The van der Waals surface area contributed by atoms with Gasteiger partial charge in [0.15, 0.2) is 0 Å². The predicted molar refractivity (Wildman–Crippen MR) is 101 cm³/mol. The Morgan fingerprint density at radius 1 is 1.12 bits per heavy atom. The maximum Gasteiger partial charge on any atom is 0.217 e. The highest BCUT2D eigenvalue weighted by Crippen LogP contribution is 2.21. The van der Waals surface area contributed by atoms with Gasteiger partial charge in [0.25, 0.3) is 0 Å². The molecule has 0 amide bonds. The van der Waals surface area contributed by atoms with Gasteiger partial charge in [0.05, 0.1) is 6.67 Å². The van der Waals surface area contributed by atoms with Gasteiger partial charge in [-0.05, 0) is 30.8 Å². The lowest BCUT2D eigenvalue weighted by Crippen LogP contribution is -2.47. The Labute approximate surface area is 149 Å². The number of para-hydroxylation sites is 1. The molecule has 0 radical (unpaired) electrons. The molecular weight excluding hydrogens is 318 g/mol. The van der Waals surface area contributed by atoms with Crippen LogP contribution in [0.25, 0.3) is 0 Å². The van der Waals surface area contributed by atoms with Crippen LogP contribution in [0.1, 0.15) is 32.2 Å². The molecule has 2 heterocycles. The molecule has 0 spiro atoms. The summed E-state index contributed by atoms with van der Waals surface area (Å²) in [5, 5.41) is 3.37. The van der Waals surface area contributed by atoms with Crippen molar-refractivity contribution in [2.45, 2.75) is 39.8 Å². The van der Waals surface area contributed by atoms with Crippen molar-refractivity contribution in [3.05, 3.63) is 40.4 Å². The normalized spacial score (nSPS) is 16.6. The number of H-pyrrole nitrogens is 1. The van der Waals surface area contributed by atoms with Gasteiger partial charge in [-0.25, -0.2) is 9.67 Å². The third-order valence-electron chi connectivity index (χ3n) is 4.56. The quantitative estimate of drug-likeness (QED) is 0.866. The monoisotopic (exact) mass is 345 g/mol. The lowest BCUT2D eigenvalue weighted by Gasteiger charge is -2.36. The highest BCUT2D eigenvalue weighted by Gasteiger charge is 2.21. The molecule has 0 saturated carbocycles. The zero-order valence-electron chi connectivity index (χ0n) is 15.0. The molecule has 1 aromatic heterocycles. The maximum absolute atomic E-state index is 5.41. The molecule has 0 unspecified atom stereocenters. The van der Waals surface area contributed by atoms with E-state index in [1.807, 2.05) is 4.68 Å². The number of aromatic amines is 1. The van der Waals surface area contributed by atoms with Crippen LogP contribution in [-0.2, 0) is 12.1 Å². The summed E-state index contributed by atoms with van der Waals surface area (Å²) in [6.07, 6.45) is 0. The number of hydrogen-bond donors (Lipinski definition) is 1. The first kappa shape index (κ1) is 17.2. The number of nitrogens with zero attached hydrogens (tertiary/aromatic N) is 4. The molecule has 1 N–H and O–H groups in total. The molecule has 1 fully saturated rings. The largest absolute Gasteiger partial charge is 0.369 e. The summed E-state index contributed by atoms with van der Waals surface area (Å²) in [7, 11) is 0. The van der Waals surface area contributed by atoms with E-state index < -0.39 is 0 Å². The first-order chi connectivity index (χ1) is 11.3. The van der Waals surface area contributed by atoms with Crippen molar-refractivity contribution in [2.24, 2.45) is 0 Å². The summed E-state index contributed by atoms with van der Waals surface area (Å²) in [5.74, 6) is 0.950. The fourth-order valence-electron chi connectivity index (χ4n) is 3.04. The minimum absolute atomic E-state index is 0.0116. The van der Waals surface area contributed by atoms with Crippen LogP contribution in [0.4, 0.5) is 5.69 Å². The molecule has 0 atom stereocenters. The second-order valence-corrected chi connectivity index (χ2v) is 7.93. The summed E-state index contributed by atoms with van der Waals surface area (Å²) in [6.45, 7) is 13.5. The minimum atomic E-state index is -0.0116. The number of hydrogen-bond acceptors (Lipinski definition) is 4. The van der Waals surface area contributed by atoms with Crippen molar-refractivity contribution in [2.75, 3.05) is 31.1 Å². The predicted octanol–water partition coefficient (Wildman–Crippen LogP) is 3.33. The number of benzene rings is 1. The second kappa shape index (κ2) is 6.69. The van der Waals surface area contributed by atoms with Crippen LogP contribution in [0, 0.1) is 11.7 Å². The van der Waals surface area contributed by atoms with Gasteiger partial charge in [-0.1, -0.05) is 39.0 Å². The first-order valence-electron chi connectivity index (χ1n) is 8.55. The summed E-state index contributed by atoms with van der Waals surface area (Å²) in [6, 6.07) is 8.61. The molecule has 1 saturated heterocycles. The van der Waals surface area contributed by atoms with Gasteiger partial charge in [0.2, 0.25) is 4.77 Å².